The fraction of sp³-hybridized carbons (Fsp3) is 0.300. The molecule has 1 saturated heterocycles. The van der Waals surface area contributed by atoms with Crippen molar-refractivity contribution in [2.24, 2.45) is 0 Å². The SMILES string of the molecule is CS(=O)(=O)N1CCC[C@@H](NC(=O)c2ccccc2Sc2ccccc2C#N)C1. The molecule has 0 aromatic heterocycles. The lowest BCUT2D eigenvalue weighted by molar-refractivity contribution is 0.0918. The number of nitrogens with one attached hydrogen (secondary N) is 1. The third-order valence-electron chi connectivity index (χ3n) is 4.55. The highest BCUT2D eigenvalue weighted by Gasteiger charge is 2.27. The molecule has 1 N–H and O–H groups in total. The van der Waals surface area contributed by atoms with Gasteiger partial charge in [0.1, 0.15) is 6.07 Å². The molecule has 6 nitrogen and oxygen atoms in total. The Kier molecular flexibility index (Phi) is 6.39. The standard InChI is InChI=1S/C20H21N3O3S2/c1-28(25,26)23-12-6-8-16(14-23)22-20(24)17-9-3-5-11-19(17)27-18-10-4-2-7-15(18)13-21/h2-5,7,9-11,16H,6,8,12,14H2,1H3,(H,22,24)/t16-/m1/s1. The number of rotatable bonds is 5. The molecule has 28 heavy (non-hydrogen) atoms. The van der Waals surface area contributed by atoms with Gasteiger partial charge in [0, 0.05) is 28.9 Å². The highest BCUT2D eigenvalue weighted by atomic mass is 32.2. The van der Waals surface area contributed by atoms with E-state index in [2.05, 4.69) is 11.4 Å². The van der Waals surface area contributed by atoms with Gasteiger partial charge in [-0.15, -0.1) is 0 Å². The summed E-state index contributed by atoms with van der Waals surface area (Å²) >= 11 is 1.37. The third-order valence-corrected chi connectivity index (χ3v) is 6.97. The van der Waals surface area contributed by atoms with Crippen LogP contribution < -0.4 is 5.32 Å². The van der Waals surface area contributed by atoms with Crippen molar-refractivity contribution < 1.29 is 13.2 Å². The van der Waals surface area contributed by atoms with Crippen molar-refractivity contribution in [2.75, 3.05) is 19.3 Å². The first-order valence-corrected chi connectivity index (χ1v) is 11.6. The van der Waals surface area contributed by atoms with Gasteiger partial charge < -0.3 is 5.32 Å². The molecule has 0 radical (unpaired) electrons. The maximum Gasteiger partial charge on any atom is 0.252 e. The van der Waals surface area contributed by atoms with Gasteiger partial charge in [-0.2, -0.15) is 5.26 Å². The van der Waals surface area contributed by atoms with Crippen LogP contribution in [0.2, 0.25) is 0 Å². The lowest BCUT2D eigenvalue weighted by Crippen LogP contribution is -2.49. The van der Waals surface area contributed by atoms with Crippen LogP contribution in [0.25, 0.3) is 0 Å². The Labute approximate surface area is 169 Å². The van der Waals surface area contributed by atoms with Gasteiger partial charge in [-0.3, -0.25) is 4.79 Å². The monoisotopic (exact) mass is 415 g/mol. The fourth-order valence-corrected chi connectivity index (χ4v) is 5.07. The maximum absolute atomic E-state index is 12.9. The van der Waals surface area contributed by atoms with Gasteiger partial charge in [-0.1, -0.05) is 36.0 Å². The molecular weight excluding hydrogens is 394 g/mol. The van der Waals surface area contributed by atoms with E-state index in [4.69, 9.17) is 0 Å². The maximum atomic E-state index is 12.9. The Morgan fingerprint density at radius 1 is 1.18 bits per heavy atom. The molecule has 0 spiro atoms. The van der Waals surface area contributed by atoms with Crippen LogP contribution in [0, 0.1) is 11.3 Å². The van der Waals surface area contributed by atoms with E-state index in [1.54, 1.807) is 24.3 Å². The quantitative estimate of drug-likeness (QED) is 0.811. The van der Waals surface area contributed by atoms with Crippen molar-refractivity contribution in [1.29, 1.82) is 5.26 Å². The zero-order valence-electron chi connectivity index (χ0n) is 15.5. The van der Waals surface area contributed by atoms with Crippen molar-refractivity contribution in [3.63, 3.8) is 0 Å². The van der Waals surface area contributed by atoms with Crippen molar-refractivity contribution in [3.8, 4) is 6.07 Å². The summed E-state index contributed by atoms with van der Waals surface area (Å²) in [5.41, 5.74) is 1.07. The zero-order valence-corrected chi connectivity index (χ0v) is 17.1. The predicted octanol–water partition coefficient (Wildman–Crippen LogP) is 2.86. The first-order chi connectivity index (χ1) is 13.4. The van der Waals surface area contributed by atoms with Crippen LogP contribution in [0.5, 0.6) is 0 Å². The second kappa shape index (κ2) is 8.78. The fourth-order valence-electron chi connectivity index (χ4n) is 3.13. The normalized spacial score (nSPS) is 17.6. The highest BCUT2D eigenvalue weighted by molar-refractivity contribution is 7.99. The van der Waals surface area contributed by atoms with E-state index in [0.717, 1.165) is 16.2 Å². The second-order valence-electron chi connectivity index (χ2n) is 6.64. The summed E-state index contributed by atoms with van der Waals surface area (Å²) in [7, 11) is -3.27. The minimum atomic E-state index is -3.27. The van der Waals surface area contributed by atoms with Gasteiger partial charge in [-0.05, 0) is 37.1 Å². The van der Waals surface area contributed by atoms with Crippen LogP contribution in [0.4, 0.5) is 0 Å². The van der Waals surface area contributed by atoms with Gasteiger partial charge in [0.25, 0.3) is 5.91 Å². The van der Waals surface area contributed by atoms with E-state index >= 15 is 0 Å². The van der Waals surface area contributed by atoms with Gasteiger partial charge in [0.2, 0.25) is 10.0 Å². The molecule has 2 aromatic rings. The molecule has 8 heteroatoms. The molecule has 1 amide bonds. The largest absolute Gasteiger partial charge is 0.348 e. The van der Waals surface area contributed by atoms with Crippen LogP contribution in [-0.2, 0) is 10.0 Å². The number of carbonyl (C=O) groups excluding carboxylic acids is 1. The lowest BCUT2D eigenvalue weighted by Gasteiger charge is -2.31. The molecule has 1 atom stereocenters. The van der Waals surface area contributed by atoms with Crippen LogP contribution in [0.1, 0.15) is 28.8 Å². The molecule has 1 aliphatic rings. The number of nitriles is 1. The molecule has 0 bridgehead atoms. The van der Waals surface area contributed by atoms with Gasteiger partial charge in [-0.25, -0.2) is 12.7 Å². The Bertz CT molecular complexity index is 1020. The Morgan fingerprint density at radius 3 is 2.57 bits per heavy atom. The number of hydrogen-bond donors (Lipinski definition) is 1. The summed E-state index contributed by atoms with van der Waals surface area (Å²) < 4.78 is 25.0. The summed E-state index contributed by atoms with van der Waals surface area (Å²) in [5, 5.41) is 12.3. The zero-order chi connectivity index (χ0) is 20.1. The molecular formula is C20H21N3O3S2. The number of carbonyl (C=O) groups is 1. The Hall–Kier alpha value is -2.34. The molecule has 0 aliphatic carbocycles. The number of nitrogens with zero attached hydrogens (tertiary/aromatic N) is 2. The van der Waals surface area contributed by atoms with Crippen molar-refractivity contribution in [2.45, 2.75) is 28.7 Å². The number of amides is 1. The molecule has 146 valence electrons. The number of piperidine rings is 1. The minimum Gasteiger partial charge on any atom is -0.348 e. The molecule has 0 saturated carbocycles. The first-order valence-electron chi connectivity index (χ1n) is 8.90. The Balaban J connectivity index is 1.77. The summed E-state index contributed by atoms with van der Waals surface area (Å²) in [4.78, 5) is 14.4. The number of hydrogen-bond acceptors (Lipinski definition) is 5. The van der Waals surface area contributed by atoms with Gasteiger partial charge in [0.15, 0.2) is 0 Å². The third kappa shape index (κ3) is 4.93. The van der Waals surface area contributed by atoms with E-state index in [-0.39, 0.29) is 18.5 Å². The van der Waals surface area contributed by atoms with E-state index in [0.29, 0.717) is 24.1 Å². The minimum absolute atomic E-state index is 0.222. The van der Waals surface area contributed by atoms with Crippen LogP contribution in [-0.4, -0.2) is 44.0 Å². The van der Waals surface area contributed by atoms with Crippen molar-refractivity contribution in [1.82, 2.24) is 9.62 Å². The summed E-state index contributed by atoms with van der Waals surface area (Å²) in [6.45, 7) is 0.778. The van der Waals surface area contributed by atoms with E-state index in [1.165, 1.54) is 22.3 Å². The van der Waals surface area contributed by atoms with Crippen LogP contribution in [0.3, 0.4) is 0 Å². The van der Waals surface area contributed by atoms with Gasteiger partial charge >= 0.3 is 0 Å². The Morgan fingerprint density at radius 2 is 1.86 bits per heavy atom. The summed E-state index contributed by atoms with van der Waals surface area (Å²) in [6, 6.07) is 16.4. The van der Waals surface area contributed by atoms with Crippen molar-refractivity contribution >= 4 is 27.7 Å². The molecule has 2 aromatic carbocycles. The lowest BCUT2D eigenvalue weighted by atomic mass is 10.1. The van der Waals surface area contributed by atoms with Crippen LogP contribution >= 0.6 is 11.8 Å². The number of sulfonamides is 1. The first kappa shape index (κ1) is 20.4. The van der Waals surface area contributed by atoms with Crippen LogP contribution in [0.15, 0.2) is 58.3 Å². The van der Waals surface area contributed by atoms with E-state index in [9.17, 15) is 18.5 Å². The topological polar surface area (TPSA) is 90.3 Å². The second-order valence-corrected chi connectivity index (χ2v) is 9.71. The molecule has 0 unspecified atom stereocenters. The predicted molar refractivity (Wildman–Crippen MR) is 109 cm³/mol. The van der Waals surface area contributed by atoms with E-state index < -0.39 is 10.0 Å². The average Bonchev–Trinajstić information content (AvgIpc) is 2.68. The summed E-state index contributed by atoms with van der Waals surface area (Å²) in [6.07, 6.45) is 2.64. The van der Waals surface area contributed by atoms with Crippen molar-refractivity contribution in [3.05, 3.63) is 59.7 Å². The number of benzene rings is 2. The highest BCUT2D eigenvalue weighted by Crippen LogP contribution is 2.32. The molecule has 1 heterocycles. The molecule has 1 fully saturated rings. The summed E-state index contributed by atoms with van der Waals surface area (Å²) in [5.74, 6) is -0.238. The average molecular weight is 416 g/mol. The van der Waals surface area contributed by atoms with Gasteiger partial charge in [0.05, 0.1) is 17.4 Å². The molecule has 1 aliphatic heterocycles. The van der Waals surface area contributed by atoms with E-state index in [1.807, 2.05) is 24.3 Å². The molecule has 3 rings (SSSR count). The smallest absolute Gasteiger partial charge is 0.252 e.